The molecule has 4 aromatic rings. The molecule has 0 saturated heterocycles. The van der Waals surface area contributed by atoms with E-state index in [-0.39, 0.29) is 11.6 Å². The number of aliphatic carboxylic acids is 1. The van der Waals surface area contributed by atoms with Gasteiger partial charge in [0.15, 0.2) is 5.15 Å². The van der Waals surface area contributed by atoms with Gasteiger partial charge in [0.2, 0.25) is 0 Å². The van der Waals surface area contributed by atoms with Gasteiger partial charge in [-0.3, -0.25) is 9.36 Å². The van der Waals surface area contributed by atoms with Crippen LogP contribution in [0.25, 0.3) is 16.9 Å². The van der Waals surface area contributed by atoms with E-state index in [1.54, 1.807) is 18.2 Å². The molecule has 2 aromatic carbocycles. The van der Waals surface area contributed by atoms with E-state index in [4.69, 9.17) is 23.2 Å². The molecule has 0 amide bonds. The van der Waals surface area contributed by atoms with Crippen molar-refractivity contribution in [3.63, 3.8) is 0 Å². The van der Waals surface area contributed by atoms with Crippen LogP contribution in [-0.4, -0.2) is 35.6 Å². The van der Waals surface area contributed by atoms with Gasteiger partial charge in [-0.2, -0.15) is 0 Å². The Morgan fingerprint density at radius 1 is 1.10 bits per heavy atom. The standard InChI is InChI=1S/C21H15Cl2N5O3/c22-14-6-7-17(28-11-19(23)25-26-28)15(9-14)16-10-20(29)27(12-24-16)18(21(30)31)8-13-4-2-1-3-5-13/h1-7,9-12,18H,8H2,(H,30,31). The predicted octanol–water partition coefficient (Wildman–Crippen LogP) is 3.67. The van der Waals surface area contributed by atoms with E-state index < -0.39 is 17.6 Å². The normalized spacial score (nSPS) is 11.9. The Morgan fingerprint density at radius 2 is 1.87 bits per heavy atom. The van der Waals surface area contributed by atoms with Gasteiger partial charge in [0.25, 0.3) is 5.56 Å². The van der Waals surface area contributed by atoms with Crippen molar-refractivity contribution in [1.82, 2.24) is 24.5 Å². The molecule has 0 saturated carbocycles. The molecule has 8 nitrogen and oxygen atoms in total. The summed E-state index contributed by atoms with van der Waals surface area (Å²) in [7, 11) is 0. The van der Waals surface area contributed by atoms with E-state index in [1.807, 2.05) is 30.3 Å². The second-order valence-corrected chi connectivity index (χ2v) is 7.53. The fourth-order valence-corrected chi connectivity index (χ4v) is 3.51. The van der Waals surface area contributed by atoms with Crippen molar-refractivity contribution in [3.8, 4) is 16.9 Å². The lowest BCUT2D eigenvalue weighted by molar-refractivity contribution is -0.141. The van der Waals surface area contributed by atoms with Crippen LogP contribution in [0.4, 0.5) is 0 Å². The van der Waals surface area contributed by atoms with Crippen molar-refractivity contribution in [2.24, 2.45) is 0 Å². The highest BCUT2D eigenvalue weighted by molar-refractivity contribution is 6.31. The summed E-state index contributed by atoms with van der Waals surface area (Å²) in [6.45, 7) is 0. The number of carboxylic acids is 1. The van der Waals surface area contributed by atoms with Gasteiger partial charge in [-0.15, -0.1) is 5.10 Å². The van der Waals surface area contributed by atoms with Crippen molar-refractivity contribution >= 4 is 29.2 Å². The summed E-state index contributed by atoms with van der Waals surface area (Å²) in [5.74, 6) is -1.12. The molecular formula is C21H15Cl2N5O3. The molecule has 0 radical (unpaired) electrons. The number of hydrogen-bond donors (Lipinski definition) is 1. The lowest BCUT2D eigenvalue weighted by atomic mass is 10.1. The summed E-state index contributed by atoms with van der Waals surface area (Å²) < 4.78 is 2.55. The van der Waals surface area contributed by atoms with Crippen LogP contribution in [0.3, 0.4) is 0 Å². The van der Waals surface area contributed by atoms with Crippen molar-refractivity contribution in [1.29, 1.82) is 0 Å². The number of halogens is 2. The average Bonchev–Trinajstić information content (AvgIpc) is 3.19. The summed E-state index contributed by atoms with van der Waals surface area (Å²) in [6.07, 6.45) is 2.89. The minimum absolute atomic E-state index is 0.150. The Kier molecular flexibility index (Phi) is 5.83. The molecule has 0 aliphatic rings. The molecule has 156 valence electrons. The Bertz CT molecular complexity index is 1300. The maximum atomic E-state index is 12.9. The zero-order valence-electron chi connectivity index (χ0n) is 15.9. The Morgan fingerprint density at radius 3 is 2.52 bits per heavy atom. The first-order valence-electron chi connectivity index (χ1n) is 9.15. The van der Waals surface area contributed by atoms with E-state index in [0.717, 1.165) is 10.1 Å². The SMILES string of the molecule is O=C(O)C(Cc1ccccc1)n1cnc(-c2cc(Cl)ccc2-n2cc(Cl)nn2)cc1=O. The molecule has 0 bridgehead atoms. The molecule has 0 aliphatic carbocycles. The van der Waals surface area contributed by atoms with Gasteiger partial charge in [0.05, 0.1) is 23.9 Å². The monoisotopic (exact) mass is 455 g/mol. The zero-order chi connectivity index (χ0) is 22.0. The quantitative estimate of drug-likeness (QED) is 0.475. The number of nitrogens with zero attached hydrogens (tertiary/aromatic N) is 5. The van der Waals surface area contributed by atoms with Crippen LogP contribution in [0.15, 0.2) is 71.9 Å². The Labute approximate surface area is 186 Å². The highest BCUT2D eigenvalue weighted by atomic mass is 35.5. The highest BCUT2D eigenvalue weighted by Gasteiger charge is 2.22. The number of carboxylic acid groups (broad SMARTS) is 1. The Hall–Kier alpha value is -3.49. The van der Waals surface area contributed by atoms with Crippen LogP contribution >= 0.6 is 23.2 Å². The molecule has 0 aliphatic heterocycles. The lowest BCUT2D eigenvalue weighted by Crippen LogP contribution is -2.31. The second kappa shape index (κ2) is 8.71. The lowest BCUT2D eigenvalue weighted by Gasteiger charge is -2.16. The molecule has 0 spiro atoms. The van der Waals surface area contributed by atoms with Crippen molar-refractivity contribution in [2.75, 3.05) is 0 Å². The summed E-state index contributed by atoms with van der Waals surface area (Å²) >= 11 is 12.0. The van der Waals surface area contributed by atoms with Gasteiger partial charge in [-0.25, -0.2) is 14.5 Å². The fraction of sp³-hybridized carbons (Fsp3) is 0.0952. The van der Waals surface area contributed by atoms with Crippen molar-refractivity contribution in [2.45, 2.75) is 12.5 Å². The summed E-state index contributed by atoms with van der Waals surface area (Å²) in [5, 5.41) is 18.0. The van der Waals surface area contributed by atoms with E-state index in [0.29, 0.717) is 22.0 Å². The molecule has 1 N–H and O–H groups in total. The third kappa shape index (κ3) is 4.50. The van der Waals surface area contributed by atoms with Gasteiger partial charge in [-0.1, -0.05) is 58.7 Å². The minimum atomic E-state index is -1.12. The molecule has 1 unspecified atom stereocenters. The third-order valence-corrected chi connectivity index (χ3v) is 5.08. The number of aromatic nitrogens is 5. The minimum Gasteiger partial charge on any atom is -0.480 e. The van der Waals surface area contributed by atoms with E-state index in [2.05, 4.69) is 15.3 Å². The van der Waals surface area contributed by atoms with Crippen molar-refractivity contribution in [3.05, 3.63) is 93.2 Å². The summed E-state index contributed by atoms with van der Waals surface area (Å²) in [5.41, 5.74) is 1.69. The van der Waals surface area contributed by atoms with Gasteiger partial charge in [0, 0.05) is 23.1 Å². The molecule has 2 aromatic heterocycles. The molecule has 10 heteroatoms. The summed E-state index contributed by atoms with van der Waals surface area (Å²) in [4.78, 5) is 29.1. The third-order valence-electron chi connectivity index (χ3n) is 4.68. The predicted molar refractivity (Wildman–Crippen MR) is 116 cm³/mol. The first kappa shape index (κ1) is 20.8. The number of rotatable bonds is 6. The molecule has 0 fully saturated rings. The van der Waals surface area contributed by atoms with Gasteiger partial charge >= 0.3 is 5.97 Å². The van der Waals surface area contributed by atoms with E-state index >= 15 is 0 Å². The first-order valence-corrected chi connectivity index (χ1v) is 9.91. The van der Waals surface area contributed by atoms with Gasteiger partial charge < -0.3 is 5.11 Å². The molecule has 31 heavy (non-hydrogen) atoms. The van der Waals surface area contributed by atoms with Crippen LogP contribution in [-0.2, 0) is 11.2 Å². The van der Waals surface area contributed by atoms with Crippen LogP contribution < -0.4 is 5.56 Å². The van der Waals surface area contributed by atoms with Crippen LogP contribution in [0, 0.1) is 0 Å². The fourth-order valence-electron chi connectivity index (χ4n) is 3.21. The number of hydrogen-bond acceptors (Lipinski definition) is 5. The van der Waals surface area contributed by atoms with E-state index in [9.17, 15) is 14.7 Å². The zero-order valence-corrected chi connectivity index (χ0v) is 17.4. The van der Waals surface area contributed by atoms with Crippen LogP contribution in [0.5, 0.6) is 0 Å². The smallest absolute Gasteiger partial charge is 0.327 e. The first-order chi connectivity index (χ1) is 14.9. The van der Waals surface area contributed by atoms with Gasteiger partial charge in [0.1, 0.15) is 6.04 Å². The van der Waals surface area contributed by atoms with Crippen molar-refractivity contribution < 1.29 is 9.90 Å². The molecule has 1 atom stereocenters. The molecular weight excluding hydrogens is 441 g/mol. The maximum absolute atomic E-state index is 12.9. The Balaban J connectivity index is 1.75. The van der Waals surface area contributed by atoms with E-state index in [1.165, 1.54) is 23.3 Å². The van der Waals surface area contributed by atoms with Crippen LogP contribution in [0.1, 0.15) is 11.6 Å². The molecule has 2 heterocycles. The highest BCUT2D eigenvalue weighted by Crippen LogP contribution is 2.28. The summed E-state index contributed by atoms with van der Waals surface area (Å²) in [6, 6.07) is 14.3. The average molecular weight is 456 g/mol. The molecule has 4 rings (SSSR count). The van der Waals surface area contributed by atoms with Crippen LogP contribution in [0.2, 0.25) is 10.2 Å². The topological polar surface area (TPSA) is 103 Å². The second-order valence-electron chi connectivity index (χ2n) is 6.71. The largest absolute Gasteiger partial charge is 0.480 e. The maximum Gasteiger partial charge on any atom is 0.327 e. The van der Waals surface area contributed by atoms with Gasteiger partial charge in [-0.05, 0) is 23.8 Å². The number of carbonyl (C=O) groups is 1. The number of benzene rings is 2.